The molecule has 1 unspecified atom stereocenters. The maximum absolute atomic E-state index is 12.3. The zero-order valence-electron chi connectivity index (χ0n) is 16.7. The minimum absolute atomic E-state index is 0.0193. The smallest absolute Gasteiger partial charge is 0.412 e. The number of aromatic hydroxyl groups is 1. The average Bonchev–Trinajstić information content (AvgIpc) is 3.14. The Balaban J connectivity index is 1.65. The summed E-state index contributed by atoms with van der Waals surface area (Å²) >= 11 is 1.28. The highest BCUT2D eigenvalue weighted by molar-refractivity contribution is 7.99. The zero-order valence-corrected chi connectivity index (χ0v) is 18.4. The topological polar surface area (TPSA) is 135 Å². The first-order valence-corrected chi connectivity index (χ1v) is 11.5. The van der Waals surface area contributed by atoms with Gasteiger partial charge in [0, 0.05) is 18.6 Å². The number of alkyl halides is 3. The third kappa shape index (κ3) is 6.56. The second-order valence-electron chi connectivity index (χ2n) is 6.31. The van der Waals surface area contributed by atoms with Gasteiger partial charge in [-0.2, -0.15) is 18.2 Å². The van der Waals surface area contributed by atoms with E-state index in [0.717, 1.165) is 12.0 Å². The van der Waals surface area contributed by atoms with Crippen molar-refractivity contribution in [3.63, 3.8) is 0 Å². The predicted octanol–water partition coefficient (Wildman–Crippen LogP) is 3.66. The molecule has 0 bridgehead atoms. The first-order chi connectivity index (χ1) is 15.1. The number of aromatic nitrogens is 4. The molecule has 0 fully saturated rings. The molecule has 0 saturated heterocycles. The molecule has 10 nitrogen and oxygen atoms in total. The highest BCUT2D eigenvalue weighted by Crippen LogP contribution is 2.48. The van der Waals surface area contributed by atoms with E-state index >= 15 is 0 Å². The molecule has 2 heterocycles. The van der Waals surface area contributed by atoms with Gasteiger partial charge in [-0.15, -0.1) is 0 Å². The Labute approximate surface area is 184 Å². The molecule has 0 aliphatic carbocycles. The number of rotatable bonds is 10. The number of imidazole rings is 1. The summed E-state index contributed by atoms with van der Waals surface area (Å²) in [7, 11) is -3.06. The van der Waals surface area contributed by atoms with Crippen molar-refractivity contribution < 1.29 is 36.6 Å². The molecule has 1 aromatic carbocycles. The van der Waals surface area contributed by atoms with Gasteiger partial charge in [-0.1, -0.05) is 11.8 Å². The Bertz CT molecular complexity index is 1110. The SMILES string of the molecule is COP(=O)(COCCn1cnc2c(Sc3ccc(O)cc3)nc(N)nc21)OCC(F)(F)F. The van der Waals surface area contributed by atoms with Crippen molar-refractivity contribution in [3.05, 3.63) is 30.6 Å². The van der Waals surface area contributed by atoms with Crippen LogP contribution in [0.15, 0.2) is 40.5 Å². The summed E-state index contributed by atoms with van der Waals surface area (Å²) in [6, 6.07) is 6.50. The molecule has 32 heavy (non-hydrogen) atoms. The quantitative estimate of drug-likeness (QED) is 0.245. The number of phenolic OH excluding ortho intramolecular Hbond substituents is 1. The molecule has 0 amide bonds. The fraction of sp³-hybridized carbons (Fsp3) is 0.353. The van der Waals surface area contributed by atoms with Gasteiger partial charge in [0.15, 0.2) is 12.3 Å². The van der Waals surface area contributed by atoms with Gasteiger partial charge in [0.05, 0.1) is 12.9 Å². The van der Waals surface area contributed by atoms with Crippen LogP contribution in [0.1, 0.15) is 0 Å². The number of nitrogen functional groups attached to an aromatic ring is 1. The minimum atomic E-state index is -4.64. The summed E-state index contributed by atoms with van der Waals surface area (Å²) in [4.78, 5) is 13.5. The Morgan fingerprint density at radius 2 is 1.97 bits per heavy atom. The monoisotopic (exact) mass is 493 g/mol. The van der Waals surface area contributed by atoms with E-state index in [2.05, 4.69) is 24.0 Å². The number of fused-ring (bicyclic) bond motifs is 1. The van der Waals surface area contributed by atoms with Gasteiger partial charge in [0.25, 0.3) is 0 Å². The van der Waals surface area contributed by atoms with Crippen LogP contribution < -0.4 is 5.73 Å². The average molecular weight is 493 g/mol. The van der Waals surface area contributed by atoms with E-state index < -0.39 is 26.7 Å². The Hall–Kier alpha value is -2.38. The van der Waals surface area contributed by atoms with Crippen molar-refractivity contribution in [1.82, 2.24) is 19.5 Å². The van der Waals surface area contributed by atoms with Crippen LogP contribution in [0.25, 0.3) is 11.2 Å². The lowest BCUT2D eigenvalue weighted by atomic mass is 10.3. The number of benzene rings is 1. The van der Waals surface area contributed by atoms with Crippen molar-refractivity contribution in [2.75, 3.05) is 32.4 Å². The van der Waals surface area contributed by atoms with E-state index in [9.17, 15) is 22.8 Å². The van der Waals surface area contributed by atoms with Crippen molar-refractivity contribution in [2.24, 2.45) is 0 Å². The minimum Gasteiger partial charge on any atom is -0.508 e. The lowest BCUT2D eigenvalue weighted by Crippen LogP contribution is -2.17. The fourth-order valence-electron chi connectivity index (χ4n) is 2.45. The molecule has 0 saturated carbocycles. The predicted molar refractivity (Wildman–Crippen MR) is 109 cm³/mol. The van der Waals surface area contributed by atoms with Crippen LogP contribution in [-0.4, -0.2) is 57.5 Å². The van der Waals surface area contributed by atoms with E-state index in [1.807, 2.05) is 0 Å². The van der Waals surface area contributed by atoms with Crippen LogP contribution in [0.4, 0.5) is 19.1 Å². The van der Waals surface area contributed by atoms with Crippen LogP contribution in [0.3, 0.4) is 0 Å². The molecule has 1 atom stereocenters. The zero-order chi connectivity index (χ0) is 23.4. The summed E-state index contributed by atoms with van der Waals surface area (Å²) in [6.07, 6.45) is -3.80. The standard InChI is InChI=1S/C17H19F3N5O5PS/c1-28-31(27,30-8-17(18,19)20)10-29-7-6-25-9-22-13-14(25)23-16(21)24-15(13)32-12-4-2-11(26)3-5-12/h2-5,9,26H,6-8,10H2,1H3,(H2,21,23,24). The molecule has 0 spiro atoms. The van der Waals surface area contributed by atoms with Crippen molar-refractivity contribution >= 4 is 36.5 Å². The Kier molecular flexibility index (Phi) is 7.62. The largest absolute Gasteiger partial charge is 0.508 e. The molecule has 0 aliphatic rings. The Morgan fingerprint density at radius 1 is 1.25 bits per heavy atom. The molecule has 3 N–H and O–H groups in total. The first-order valence-electron chi connectivity index (χ1n) is 8.97. The molecule has 3 aromatic rings. The highest BCUT2D eigenvalue weighted by atomic mass is 32.2. The normalized spacial score (nSPS) is 14.0. The second kappa shape index (κ2) is 10.0. The molecule has 174 valence electrons. The number of anilines is 1. The number of phenols is 1. The summed E-state index contributed by atoms with van der Waals surface area (Å²) < 4.78 is 64.7. The van der Waals surface area contributed by atoms with Gasteiger partial charge in [0.1, 0.15) is 22.6 Å². The number of hydrogen-bond donors (Lipinski definition) is 2. The van der Waals surface area contributed by atoms with Crippen molar-refractivity contribution in [3.8, 4) is 5.75 Å². The second-order valence-corrected chi connectivity index (χ2v) is 9.48. The first kappa shape index (κ1) is 24.3. The van der Waals surface area contributed by atoms with E-state index in [-0.39, 0.29) is 24.8 Å². The van der Waals surface area contributed by atoms with Crippen LogP contribution in [0, 0.1) is 0 Å². The molecule has 0 aliphatic heterocycles. The number of halogens is 3. The van der Waals surface area contributed by atoms with Crippen LogP contribution >= 0.6 is 19.4 Å². The summed E-state index contributed by atoms with van der Waals surface area (Å²) in [6.45, 7) is -1.54. The number of ether oxygens (including phenoxy) is 1. The Morgan fingerprint density at radius 3 is 2.62 bits per heavy atom. The van der Waals surface area contributed by atoms with Gasteiger partial charge < -0.3 is 24.7 Å². The molecule has 0 radical (unpaired) electrons. The lowest BCUT2D eigenvalue weighted by molar-refractivity contribution is -0.155. The van der Waals surface area contributed by atoms with Crippen LogP contribution in [-0.2, 0) is 24.9 Å². The van der Waals surface area contributed by atoms with E-state index in [1.54, 1.807) is 16.7 Å². The summed E-state index contributed by atoms with van der Waals surface area (Å²) in [5, 5.41) is 9.91. The molecular formula is C17H19F3N5O5PS. The van der Waals surface area contributed by atoms with Gasteiger partial charge >= 0.3 is 13.8 Å². The van der Waals surface area contributed by atoms with Gasteiger partial charge in [-0.25, -0.2) is 9.97 Å². The van der Waals surface area contributed by atoms with Gasteiger partial charge in [-0.3, -0.25) is 9.09 Å². The molecular weight excluding hydrogens is 474 g/mol. The molecule has 3 rings (SSSR count). The number of hydrogen-bond acceptors (Lipinski definition) is 10. The maximum atomic E-state index is 12.3. The van der Waals surface area contributed by atoms with E-state index in [0.29, 0.717) is 16.2 Å². The summed E-state index contributed by atoms with van der Waals surface area (Å²) in [5.41, 5.74) is 6.72. The van der Waals surface area contributed by atoms with E-state index in [4.69, 9.17) is 10.5 Å². The number of nitrogens with zero attached hydrogens (tertiary/aromatic N) is 4. The maximum Gasteiger partial charge on any atom is 0.412 e. The molecule has 15 heteroatoms. The fourth-order valence-corrected chi connectivity index (χ4v) is 4.30. The third-order valence-corrected chi connectivity index (χ3v) is 6.49. The van der Waals surface area contributed by atoms with Gasteiger partial charge in [-0.05, 0) is 24.3 Å². The van der Waals surface area contributed by atoms with Gasteiger partial charge in [0.2, 0.25) is 5.95 Å². The summed E-state index contributed by atoms with van der Waals surface area (Å²) in [5.74, 6) is 0.152. The third-order valence-electron chi connectivity index (χ3n) is 3.93. The van der Waals surface area contributed by atoms with Crippen LogP contribution in [0.2, 0.25) is 0 Å². The highest BCUT2D eigenvalue weighted by Gasteiger charge is 2.34. The van der Waals surface area contributed by atoms with Crippen molar-refractivity contribution in [2.45, 2.75) is 22.6 Å². The van der Waals surface area contributed by atoms with Crippen molar-refractivity contribution in [1.29, 1.82) is 0 Å². The van der Waals surface area contributed by atoms with Crippen LogP contribution in [0.5, 0.6) is 5.75 Å². The lowest BCUT2D eigenvalue weighted by Gasteiger charge is -2.17. The molecule has 2 aromatic heterocycles. The van der Waals surface area contributed by atoms with E-state index in [1.165, 1.54) is 30.2 Å². The number of nitrogens with two attached hydrogens (primary N) is 1.